The average molecular weight is 315 g/mol. The minimum absolute atomic E-state index is 0.134. The van der Waals surface area contributed by atoms with Crippen molar-refractivity contribution in [3.63, 3.8) is 0 Å². The Morgan fingerprint density at radius 3 is 2.57 bits per heavy atom. The Balaban J connectivity index is 3.08. The zero-order valence-corrected chi connectivity index (χ0v) is 15.2. The van der Waals surface area contributed by atoms with E-state index >= 15 is 0 Å². The molecule has 0 aromatic carbocycles. The van der Waals surface area contributed by atoms with Gasteiger partial charge in [0.15, 0.2) is 0 Å². The monoisotopic (exact) mass is 314 g/mol. The summed E-state index contributed by atoms with van der Waals surface area (Å²) in [4.78, 5) is 2.17. The van der Waals surface area contributed by atoms with Crippen molar-refractivity contribution in [2.75, 3.05) is 27.2 Å². The summed E-state index contributed by atoms with van der Waals surface area (Å²) in [5, 5.41) is 8.92. The van der Waals surface area contributed by atoms with Crippen molar-refractivity contribution in [2.45, 2.75) is 53.1 Å². The molecule has 4 nitrogen and oxygen atoms in total. The van der Waals surface area contributed by atoms with E-state index in [1.807, 2.05) is 0 Å². The third-order valence-electron chi connectivity index (χ3n) is 4.16. The maximum atomic E-state index is 6.46. The smallest absolute Gasteiger partial charge is 0.0834 e. The Hall–Kier alpha value is -0.580. The molecular formula is C16H31ClN4. The van der Waals surface area contributed by atoms with Crippen molar-refractivity contribution < 1.29 is 0 Å². The maximum Gasteiger partial charge on any atom is 0.0834 e. The summed E-state index contributed by atoms with van der Waals surface area (Å²) in [6, 6.07) is 0.222. The van der Waals surface area contributed by atoms with E-state index in [1.54, 1.807) is 6.20 Å². The van der Waals surface area contributed by atoms with Crippen LogP contribution in [0.1, 0.15) is 52.3 Å². The molecule has 0 aliphatic carbocycles. The Bertz CT molecular complexity index is 426. The largest absolute Gasteiger partial charge is 0.308 e. The van der Waals surface area contributed by atoms with Crippen molar-refractivity contribution in [3.05, 3.63) is 16.9 Å². The molecular weight excluding hydrogens is 284 g/mol. The van der Waals surface area contributed by atoms with Gasteiger partial charge in [0.25, 0.3) is 0 Å². The van der Waals surface area contributed by atoms with Crippen molar-refractivity contribution in [2.24, 2.45) is 5.41 Å². The summed E-state index contributed by atoms with van der Waals surface area (Å²) in [6.45, 7) is 11.8. The summed E-state index contributed by atoms with van der Waals surface area (Å²) in [5.41, 5.74) is 1.26. The fourth-order valence-corrected chi connectivity index (χ4v) is 2.62. The number of aromatic nitrogens is 2. The Kier molecular flexibility index (Phi) is 7.17. The van der Waals surface area contributed by atoms with Gasteiger partial charge in [0.05, 0.1) is 29.5 Å². The van der Waals surface area contributed by atoms with Crippen LogP contribution in [0.2, 0.25) is 5.02 Å². The van der Waals surface area contributed by atoms with Gasteiger partial charge in [-0.3, -0.25) is 4.68 Å². The minimum Gasteiger partial charge on any atom is -0.308 e. The highest BCUT2D eigenvalue weighted by Gasteiger charge is 2.33. The van der Waals surface area contributed by atoms with Crippen LogP contribution in [0.4, 0.5) is 0 Å². The van der Waals surface area contributed by atoms with Crippen LogP contribution >= 0.6 is 11.6 Å². The van der Waals surface area contributed by atoms with Gasteiger partial charge in [0, 0.05) is 6.54 Å². The molecule has 1 heterocycles. The summed E-state index contributed by atoms with van der Waals surface area (Å²) < 4.78 is 2.06. The molecule has 0 saturated heterocycles. The van der Waals surface area contributed by atoms with Crippen LogP contribution in [-0.4, -0.2) is 41.9 Å². The van der Waals surface area contributed by atoms with Crippen molar-refractivity contribution in [3.8, 4) is 0 Å². The lowest BCUT2D eigenvalue weighted by molar-refractivity contribution is 0.221. The molecule has 1 atom stereocenters. The van der Waals surface area contributed by atoms with E-state index in [-0.39, 0.29) is 11.5 Å². The van der Waals surface area contributed by atoms with E-state index in [9.17, 15) is 0 Å². The van der Waals surface area contributed by atoms with Crippen molar-refractivity contribution >= 4 is 11.6 Å². The van der Waals surface area contributed by atoms with Gasteiger partial charge in [0.2, 0.25) is 0 Å². The van der Waals surface area contributed by atoms with Gasteiger partial charge >= 0.3 is 0 Å². The van der Waals surface area contributed by atoms with E-state index in [1.165, 1.54) is 0 Å². The SMILES string of the molecule is CCCNC(c1c(Cl)cnn1CCN(C)C)C(C)(C)CC. The first-order chi connectivity index (χ1) is 9.83. The molecule has 0 radical (unpaired) electrons. The van der Waals surface area contributed by atoms with Crippen LogP contribution in [-0.2, 0) is 6.54 Å². The number of likely N-dealkylation sites (N-methyl/N-ethyl adjacent to an activating group) is 1. The third-order valence-corrected chi connectivity index (χ3v) is 4.45. The first-order valence-electron chi connectivity index (χ1n) is 7.92. The molecule has 0 spiro atoms. The molecule has 1 aromatic heterocycles. The molecule has 0 aliphatic heterocycles. The topological polar surface area (TPSA) is 33.1 Å². The Morgan fingerprint density at radius 2 is 2.05 bits per heavy atom. The number of hydrogen-bond acceptors (Lipinski definition) is 3. The highest BCUT2D eigenvalue weighted by molar-refractivity contribution is 6.31. The average Bonchev–Trinajstić information content (AvgIpc) is 2.78. The summed E-state index contributed by atoms with van der Waals surface area (Å²) in [5.74, 6) is 0. The number of nitrogens with one attached hydrogen (secondary N) is 1. The third kappa shape index (κ3) is 4.97. The molecule has 1 aromatic rings. The second-order valence-corrected chi connectivity index (χ2v) is 7.04. The summed E-state index contributed by atoms with van der Waals surface area (Å²) in [6.07, 6.45) is 3.97. The van der Waals surface area contributed by atoms with Crippen LogP contribution in [0, 0.1) is 5.41 Å². The van der Waals surface area contributed by atoms with Gasteiger partial charge < -0.3 is 10.2 Å². The molecule has 1 unspecified atom stereocenters. The second kappa shape index (κ2) is 8.16. The maximum absolute atomic E-state index is 6.46. The fourth-order valence-electron chi connectivity index (χ4n) is 2.37. The first-order valence-corrected chi connectivity index (χ1v) is 8.30. The van der Waals surface area contributed by atoms with Crippen LogP contribution in [0.15, 0.2) is 6.20 Å². The molecule has 0 bridgehead atoms. The van der Waals surface area contributed by atoms with Gasteiger partial charge in [-0.05, 0) is 38.9 Å². The molecule has 5 heteroatoms. The van der Waals surface area contributed by atoms with E-state index in [4.69, 9.17) is 11.6 Å². The molecule has 0 fully saturated rings. The van der Waals surface area contributed by atoms with Gasteiger partial charge in [-0.15, -0.1) is 0 Å². The molecule has 122 valence electrons. The molecule has 0 saturated carbocycles. The summed E-state index contributed by atoms with van der Waals surface area (Å²) >= 11 is 6.46. The fraction of sp³-hybridized carbons (Fsp3) is 0.812. The zero-order valence-electron chi connectivity index (χ0n) is 14.4. The number of rotatable bonds is 9. The highest BCUT2D eigenvalue weighted by atomic mass is 35.5. The predicted molar refractivity (Wildman–Crippen MR) is 90.9 cm³/mol. The molecule has 21 heavy (non-hydrogen) atoms. The minimum atomic E-state index is 0.134. The van der Waals surface area contributed by atoms with Gasteiger partial charge in [0.1, 0.15) is 0 Å². The van der Waals surface area contributed by atoms with Crippen molar-refractivity contribution in [1.82, 2.24) is 20.0 Å². The van der Waals surface area contributed by atoms with Gasteiger partial charge in [-0.2, -0.15) is 5.10 Å². The van der Waals surface area contributed by atoms with Gasteiger partial charge in [-0.1, -0.05) is 39.3 Å². The number of nitrogens with zero attached hydrogens (tertiary/aromatic N) is 3. The standard InChI is InChI=1S/C16H31ClN4/c1-7-9-18-15(16(3,4)8-2)14-13(17)12-19-21(14)11-10-20(5)6/h12,15,18H,7-11H2,1-6H3. The molecule has 0 amide bonds. The quantitative estimate of drug-likeness (QED) is 0.756. The zero-order chi connectivity index (χ0) is 16.0. The van der Waals surface area contributed by atoms with E-state index in [0.717, 1.165) is 43.2 Å². The Labute approximate surface area is 134 Å². The lowest BCUT2D eigenvalue weighted by Gasteiger charge is -2.35. The highest BCUT2D eigenvalue weighted by Crippen LogP contribution is 2.39. The van der Waals surface area contributed by atoms with E-state index < -0.39 is 0 Å². The van der Waals surface area contributed by atoms with Crippen LogP contribution in [0.5, 0.6) is 0 Å². The molecule has 0 aliphatic rings. The van der Waals surface area contributed by atoms with Crippen LogP contribution in [0.25, 0.3) is 0 Å². The second-order valence-electron chi connectivity index (χ2n) is 6.63. The Morgan fingerprint density at radius 1 is 1.38 bits per heavy atom. The normalized spacial score (nSPS) is 13.9. The van der Waals surface area contributed by atoms with E-state index in [2.05, 4.69) is 61.8 Å². The van der Waals surface area contributed by atoms with E-state index in [0.29, 0.717) is 0 Å². The van der Waals surface area contributed by atoms with Crippen LogP contribution < -0.4 is 5.32 Å². The number of hydrogen-bond donors (Lipinski definition) is 1. The molecule has 1 rings (SSSR count). The van der Waals surface area contributed by atoms with Crippen molar-refractivity contribution in [1.29, 1.82) is 0 Å². The van der Waals surface area contributed by atoms with Crippen LogP contribution in [0.3, 0.4) is 0 Å². The first kappa shape index (κ1) is 18.5. The molecule has 1 N–H and O–H groups in total. The summed E-state index contributed by atoms with van der Waals surface area (Å²) in [7, 11) is 4.15. The number of halogens is 1. The lowest BCUT2D eigenvalue weighted by atomic mass is 9.80. The van der Waals surface area contributed by atoms with Gasteiger partial charge in [-0.25, -0.2) is 0 Å². The lowest BCUT2D eigenvalue weighted by Crippen LogP contribution is -2.36. The predicted octanol–water partition coefficient (Wildman–Crippen LogP) is 3.58.